The van der Waals surface area contributed by atoms with Crippen molar-refractivity contribution in [2.45, 2.75) is 46.5 Å². The molecule has 0 amide bonds. The van der Waals surface area contributed by atoms with E-state index in [0.717, 1.165) is 18.9 Å². The molecule has 3 unspecified atom stereocenters. The summed E-state index contributed by atoms with van der Waals surface area (Å²) < 4.78 is 5.88. The van der Waals surface area contributed by atoms with E-state index in [-0.39, 0.29) is 0 Å². The van der Waals surface area contributed by atoms with Crippen LogP contribution in [-0.4, -0.2) is 6.61 Å². The lowest BCUT2D eigenvalue weighted by Gasteiger charge is -2.46. The van der Waals surface area contributed by atoms with E-state index in [9.17, 15) is 0 Å². The zero-order chi connectivity index (χ0) is 11.3. The molecule has 0 radical (unpaired) electrons. The molecule has 3 rings (SSSR count). The van der Waals surface area contributed by atoms with E-state index in [4.69, 9.17) is 4.74 Å². The van der Waals surface area contributed by atoms with Crippen molar-refractivity contribution in [3.63, 3.8) is 0 Å². The zero-order valence-corrected chi connectivity index (χ0v) is 10.7. The monoisotopic (exact) mass is 218 g/mol. The zero-order valence-electron chi connectivity index (χ0n) is 10.7. The van der Waals surface area contributed by atoms with Gasteiger partial charge in [-0.05, 0) is 30.8 Å². The Kier molecular flexibility index (Phi) is 2.21. The van der Waals surface area contributed by atoms with Gasteiger partial charge in [0, 0.05) is 17.8 Å². The second kappa shape index (κ2) is 3.38. The quantitative estimate of drug-likeness (QED) is 0.557. The highest BCUT2D eigenvalue weighted by molar-refractivity contribution is 5.40. The summed E-state index contributed by atoms with van der Waals surface area (Å²) in [6.07, 6.45) is 7.50. The topological polar surface area (TPSA) is 9.23 Å². The van der Waals surface area contributed by atoms with Crippen molar-refractivity contribution < 1.29 is 4.74 Å². The standard InChI is InChI=1S/C15H22O/c1-10-9-16-13-8-7-12-6-4-5-11(2)15(12,3)14(10)13/h6,10-11H,4-5,7-9H2,1-3H3. The van der Waals surface area contributed by atoms with Crippen molar-refractivity contribution in [2.24, 2.45) is 17.3 Å². The molecular weight excluding hydrogens is 196 g/mol. The number of allylic oxidation sites excluding steroid dienone is 3. The number of hydrogen-bond donors (Lipinski definition) is 0. The SMILES string of the molecule is CC1COC2=C1C1(C)C(=CCCC1C)CC2. The largest absolute Gasteiger partial charge is 0.497 e. The van der Waals surface area contributed by atoms with Gasteiger partial charge >= 0.3 is 0 Å². The minimum absolute atomic E-state index is 0.321. The van der Waals surface area contributed by atoms with Crippen LogP contribution in [0.2, 0.25) is 0 Å². The molecule has 0 saturated heterocycles. The van der Waals surface area contributed by atoms with Crippen molar-refractivity contribution in [1.82, 2.24) is 0 Å². The number of hydrogen-bond acceptors (Lipinski definition) is 1. The molecule has 1 aliphatic heterocycles. The Hall–Kier alpha value is -0.720. The summed E-state index contributed by atoms with van der Waals surface area (Å²) in [5.41, 5.74) is 3.65. The Morgan fingerprint density at radius 3 is 2.94 bits per heavy atom. The lowest BCUT2D eigenvalue weighted by Crippen LogP contribution is -2.36. The molecule has 0 spiro atoms. The van der Waals surface area contributed by atoms with E-state index in [1.54, 1.807) is 11.1 Å². The normalized spacial score (nSPS) is 42.3. The van der Waals surface area contributed by atoms with Crippen LogP contribution in [0.25, 0.3) is 0 Å². The van der Waals surface area contributed by atoms with Gasteiger partial charge in [0.2, 0.25) is 0 Å². The van der Waals surface area contributed by atoms with Gasteiger partial charge in [-0.15, -0.1) is 0 Å². The Morgan fingerprint density at radius 1 is 1.31 bits per heavy atom. The first-order valence-electron chi connectivity index (χ1n) is 6.70. The maximum atomic E-state index is 5.88. The van der Waals surface area contributed by atoms with Crippen LogP contribution >= 0.6 is 0 Å². The van der Waals surface area contributed by atoms with Gasteiger partial charge in [-0.25, -0.2) is 0 Å². The van der Waals surface area contributed by atoms with Gasteiger partial charge in [0.1, 0.15) is 0 Å². The maximum absolute atomic E-state index is 5.88. The number of ether oxygens (including phenoxy) is 1. The Morgan fingerprint density at radius 2 is 2.12 bits per heavy atom. The summed E-state index contributed by atoms with van der Waals surface area (Å²) in [6, 6.07) is 0. The lowest BCUT2D eigenvalue weighted by atomic mass is 9.57. The summed E-state index contributed by atoms with van der Waals surface area (Å²) >= 11 is 0. The highest BCUT2D eigenvalue weighted by atomic mass is 16.5. The fourth-order valence-electron chi connectivity index (χ4n) is 4.04. The lowest BCUT2D eigenvalue weighted by molar-refractivity contribution is 0.211. The van der Waals surface area contributed by atoms with Gasteiger partial charge in [-0.1, -0.05) is 32.4 Å². The van der Waals surface area contributed by atoms with E-state index >= 15 is 0 Å². The minimum atomic E-state index is 0.321. The molecule has 1 nitrogen and oxygen atoms in total. The third-order valence-corrected chi connectivity index (χ3v) is 5.12. The van der Waals surface area contributed by atoms with Gasteiger partial charge in [-0.2, -0.15) is 0 Å². The minimum Gasteiger partial charge on any atom is -0.497 e. The van der Waals surface area contributed by atoms with Crippen LogP contribution in [0.15, 0.2) is 23.0 Å². The predicted molar refractivity (Wildman–Crippen MR) is 66.0 cm³/mol. The van der Waals surface area contributed by atoms with E-state index in [2.05, 4.69) is 26.8 Å². The van der Waals surface area contributed by atoms with Crippen molar-refractivity contribution >= 4 is 0 Å². The van der Waals surface area contributed by atoms with Crippen molar-refractivity contribution in [2.75, 3.05) is 6.61 Å². The molecule has 0 N–H and O–H groups in total. The van der Waals surface area contributed by atoms with Gasteiger partial charge in [0.05, 0.1) is 12.4 Å². The first-order chi connectivity index (χ1) is 7.64. The fourth-order valence-corrected chi connectivity index (χ4v) is 4.04. The molecule has 1 heteroatoms. The first kappa shape index (κ1) is 10.4. The number of rotatable bonds is 0. The van der Waals surface area contributed by atoms with Crippen molar-refractivity contribution in [3.8, 4) is 0 Å². The molecule has 2 aliphatic carbocycles. The second-order valence-electron chi connectivity index (χ2n) is 5.96. The van der Waals surface area contributed by atoms with Crippen molar-refractivity contribution in [1.29, 1.82) is 0 Å². The fraction of sp³-hybridized carbons (Fsp3) is 0.733. The van der Waals surface area contributed by atoms with Crippen molar-refractivity contribution in [3.05, 3.63) is 23.0 Å². The molecule has 0 aromatic rings. The highest BCUT2D eigenvalue weighted by Crippen LogP contribution is 2.57. The first-order valence-corrected chi connectivity index (χ1v) is 6.70. The van der Waals surface area contributed by atoms with E-state index in [1.807, 2.05) is 0 Å². The van der Waals surface area contributed by atoms with Crippen LogP contribution in [0.3, 0.4) is 0 Å². The molecule has 1 heterocycles. The summed E-state index contributed by atoms with van der Waals surface area (Å²) in [7, 11) is 0. The summed E-state index contributed by atoms with van der Waals surface area (Å²) in [6.45, 7) is 8.13. The summed E-state index contributed by atoms with van der Waals surface area (Å²) in [5.74, 6) is 2.74. The van der Waals surface area contributed by atoms with Crippen LogP contribution in [0, 0.1) is 17.3 Å². The van der Waals surface area contributed by atoms with Crippen LogP contribution in [0.5, 0.6) is 0 Å². The van der Waals surface area contributed by atoms with Gasteiger partial charge in [-0.3, -0.25) is 0 Å². The van der Waals surface area contributed by atoms with Crippen LogP contribution < -0.4 is 0 Å². The van der Waals surface area contributed by atoms with Crippen LogP contribution in [0.4, 0.5) is 0 Å². The molecule has 0 aromatic heterocycles. The number of fused-ring (bicyclic) bond motifs is 2. The molecule has 3 aliphatic rings. The van der Waals surface area contributed by atoms with Crippen LogP contribution in [0.1, 0.15) is 46.5 Å². The Labute approximate surface area is 98.6 Å². The molecule has 3 atom stereocenters. The van der Waals surface area contributed by atoms with E-state index in [1.165, 1.54) is 25.0 Å². The average molecular weight is 218 g/mol. The molecule has 0 saturated carbocycles. The Balaban J connectivity index is 2.13. The van der Waals surface area contributed by atoms with E-state index in [0.29, 0.717) is 11.3 Å². The van der Waals surface area contributed by atoms with Gasteiger partial charge in [0.15, 0.2) is 0 Å². The second-order valence-corrected chi connectivity index (χ2v) is 5.96. The maximum Gasteiger partial charge on any atom is 0.0968 e. The molecule has 0 aromatic carbocycles. The summed E-state index contributed by atoms with van der Waals surface area (Å²) in [4.78, 5) is 0. The average Bonchev–Trinajstić information content (AvgIpc) is 2.64. The molecular formula is C15H22O. The molecule has 88 valence electrons. The molecule has 0 bridgehead atoms. The highest BCUT2D eigenvalue weighted by Gasteiger charge is 2.47. The smallest absolute Gasteiger partial charge is 0.0968 e. The predicted octanol–water partition coefficient (Wildman–Crippen LogP) is 4.06. The Bertz CT molecular complexity index is 377. The molecule has 0 fully saturated rings. The molecule has 16 heavy (non-hydrogen) atoms. The third-order valence-electron chi connectivity index (χ3n) is 5.12. The van der Waals surface area contributed by atoms with E-state index < -0.39 is 0 Å². The third kappa shape index (κ3) is 1.18. The van der Waals surface area contributed by atoms with Crippen LogP contribution in [-0.2, 0) is 4.74 Å². The van der Waals surface area contributed by atoms with Gasteiger partial charge in [0.25, 0.3) is 0 Å². The summed E-state index contributed by atoms with van der Waals surface area (Å²) in [5, 5.41) is 0. The van der Waals surface area contributed by atoms with Gasteiger partial charge < -0.3 is 4.74 Å².